The van der Waals surface area contributed by atoms with Gasteiger partial charge in [-0.2, -0.15) is 0 Å². The smallest absolute Gasteiger partial charge is 0.270 e. The van der Waals surface area contributed by atoms with E-state index in [9.17, 15) is 9.90 Å². The number of phenols is 1. The number of hydrogen-bond donors (Lipinski definition) is 2. The van der Waals surface area contributed by atoms with Gasteiger partial charge in [-0.05, 0) is 62.3 Å². The number of nitrogens with zero attached hydrogens (tertiary/aromatic N) is 3. The van der Waals surface area contributed by atoms with Gasteiger partial charge in [0.2, 0.25) is 0 Å². The lowest BCUT2D eigenvalue weighted by Gasteiger charge is -2.11. The highest BCUT2D eigenvalue weighted by Gasteiger charge is 2.16. The number of benzene rings is 2. The molecular weight excluding hydrogens is 352 g/mol. The van der Waals surface area contributed by atoms with Crippen LogP contribution in [0.1, 0.15) is 16.1 Å². The molecule has 0 radical (unpaired) electrons. The van der Waals surface area contributed by atoms with Crippen molar-refractivity contribution in [1.82, 2.24) is 19.8 Å². The number of rotatable bonds is 4. The summed E-state index contributed by atoms with van der Waals surface area (Å²) in [5.41, 5.74) is 3.36. The van der Waals surface area contributed by atoms with E-state index in [0.29, 0.717) is 12.2 Å². The molecule has 2 N–H and O–H groups in total. The lowest BCUT2D eigenvalue weighted by Crippen LogP contribution is -2.31. The monoisotopic (exact) mass is 376 g/mol. The first-order valence-corrected chi connectivity index (χ1v) is 9.30. The van der Waals surface area contributed by atoms with E-state index in [1.54, 1.807) is 12.3 Å². The number of amides is 1. The maximum Gasteiger partial charge on any atom is 0.270 e. The number of fused-ring (bicyclic) bond motifs is 4. The average molecular weight is 376 g/mol. The first-order valence-electron chi connectivity index (χ1n) is 9.30. The minimum absolute atomic E-state index is 0.175. The average Bonchev–Trinajstić information content (AvgIpc) is 2.91. The Morgan fingerprint density at radius 3 is 2.61 bits per heavy atom. The van der Waals surface area contributed by atoms with Gasteiger partial charge in [0.1, 0.15) is 11.4 Å². The number of carbonyl (C=O) groups is 1. The third-order valence-corrected chi connectivity index (χ3v) is 5.27. The van der Waals surface area contributed by atoms with E-state index in [-0.39, 0.29) is 11.7 Å². The van der Waals surface area contributed by atoms with Crippen LogP contribution in [0.3, 0.4) is 0 Å². The third kappa shape index (κ3) is 2.96. The van der Waals surface area contributed by atoms with Crippen molar-refractivity contribution < 1.29 is 9.90 Å². The van der Waals surface area contributed by atoms with E-state index < -0.39 is 0 Å². The summed E-state index contributed by atoms with van der Waals surface area (Å²) in [5, 5.41) is 16.9. The van der Waals surface area contributed by atoms with Crippen molar-refractivity contribution >= 4 is 38.5 Å². The highest BCUT2D eigenvalue weighted by Crippen LogP contribution is 2.35. The number of phenolic OH excluding ortho intramolecular Hbond substituents is 1. The van der Waals surface area contributed by atoms with Crippen molar-refractivity contribution in [3.05, 3.63) is 47.8 Å². The molecule has 0 aliphatic carbocycles. The molecule has 2 aromatic heterocycles. The number of aryl methyl sites for hydroxylation is 2. The van der Waals surface area contributed by atoms with Crippen LogP contribution >= 0.6 is 0 Å². The molecule has 1 amide bonds. The maximum atomic E-state index is 12.7. The molecule has 4 rings (SSSR count). The van der Waals surface area contributed by atoms with Crippen molar-refractivity contribution in [2.45, 2.75) is 6.92 Å². The fraction of sp³-hybridized carbons (Fsp3) is 0.273. The number of aromatic hydroxyl groups is 1. The van der Waals surface area contributed by atoms with Gasteiger partial charge in [-0.1, -0.05) is 0 Å². The number of likely N-dealkylation sites (N-methyl/N-ethyl adjacent to an activating group) is 1. The third-order valence-electron chi connectivity index (χ3n) is 5.27. The van der Waals surface area contributed by atoms with Gasteiger partial charge in [0.05, 0.1) is 0 Å². The van der Waals surface area contributed by atoms with Crippen molar-refractivity contribution in [2.24, 2.45) is 7.05 Å². The van der Waals surface area contributed by atoms with E-state index in [1.165, 1.54) is 0 Å². The number of aromatic nitrogens is 2. The highest BCUT2D eigenvalue weighted by molar-refractivity contribution is 6.16. The van der Waals surface area contributed by atoms with E-state index >= 15 is 0 Å². The Balaban J connectivity index is 1.90. The molecular formula is C22H24N4O2. The zero-order valence-electron chi connectivity index (χ0n) is 16.6. The minimum atomic E-state index is -0.175. The van der Waals surface area contributed by atoms with E-state index in [4.69, 9.17) is 0 Å². The molecule has 28 heavy (non-hydrogen) atoms. The molecule has 0 spiro atoms. The molecule has 0 saturated carbocycles. The summed E-state index contributed by atoms with van der Waals surface area (Å²) >= 11 is 0. The number of hydrogen-bond acceptors (Lipinski definition) is 4. The van der Waals surface area contributed by atoms with E-state index in [2.05, 4.69) is 20.9 Å². The van der Waals surface area contributed by atoms with Crippen LogP contribution in [0.5, 0.6) is 5.75 Å². The van der Waals surface area contributed by atoms with E-state index in [1.807, 2.05) is 51.2 Å². The van der Waals surface area contributed by atoms with Crippen LogP contribution in [0.15, 0.2) is 36.5 Å². The summed E-state index contributed by atoms with van der Waals surface area (Å²) in [4.78, 5) is 19.1. The summed E-state index contributed by atoms with van der Waals surface area (Å²) < 4.78 is 2.12. The Morgan fingerprint density at radius 2 is 1.86 bits per heavy atom. The number of pyridine rings is 1. The van der Waals surface area contributed by atoms with Gasteiger partial charge in [0.25, 0.3) is 5.91 Å². The lowest BCUT2D eigenvalue weighted by atomic mass is 10.0. The predicted octanol–water partition coefficient (Wildman–Crippen LogP) is 3.19. The van der Waals surface area contributed by atoms with Crippen LogP contribution in [-0.4, -0.2) is 52.6 Å². The topological polar surface area (TPSA) is 70.4 Å². The van der Waals surface area contributed by atoms with Gasteiger partial charge in [0, 0.05) is 53.5 Å². The summed E-state index contributed by atoms with van der Waals surface area (Å²) in [5.74, 6) is 0.0960. The Bertz CT molecular complexity index is 1220. The lowest BCUT2D eigenvalue weighted by molar-refractivity contribution is 0.0948. The molecule has 2 heterocycles. The van der Waals surface area contributed by atoms with Crippen molar-refractivity contribution in [3.8, 4) is 5.75 Å². The molecule has 4 aromatic rings. The SMILES string of the molecule is Cc1cc2c(cc1O)c1cc3c(C(=O)NCCN(C)C)nccc3cc1n2C. The molecule has 144 valence electrons. The molecule has 0 unspecified atom stereocenters. The van der Waals surface area contributed by atoms with Crippen molar-refractivity contribution in [2.75, 3.05) is 27.2 Å². The molecule has 2 aromatic carbocycles. The molecule has 6 heteroatoms. The number of nitrogens with one attached hydrogen (secondary N) is 1. The van der Waals surface area contributed by atoms with Gasteiger partial charge in [-0.15, -0.1) is 0 Å². The van der Waals surface area contributed by atoms with Crippen molar-refractivity contribution in [3.63, 3.8) is 0 Å². The first-order chi connectivity index (χ1) is 13.4. The maximum absolute atomic E-state index is 12.7. The normalized spacial score (nSPS) is 11.8. The second kappa shape index (κ2) is 6.80. The summed E-state index contributed by atoms with van der Waals surface area (Å²) in [6.07, 6.45) is 1.67. The van der Waals surface area contributed by atoms with Gasteiger partial charge in [-0.3, -0.25) is 9.78 Å². The van der Waals surface area contributed by atoms with Gasteiger partial charge < -0.3 is 19.9 Å². The molecule has 0 fully saturated rings. The van der Waals surface area contributed by atoms with Gasteiger partial charge >= 0.3 is 0 Å². The van der Waals surface area contributed by atoms with Gasteiger partial charge in [-0.25, -0.2) is 0 Å². The fourth-order valence-electron chi connectivity index (χ4n) is 3.66. The molecule has 0 aliphatic heterocycles. The molecule has 0 aliphatic rings. The Labute approximate surface area is 163 Å². The second-order valence-electron chi connectivity index (χ2n) is 7.52. The Kier molecular flexibility index (Phi) is 4.43. The zero-order chi connectivity index (χ0) is 20.0. The quantitative estimate of drug-likeness (QED) is 0.574. The fourth-order valence-corrected chi connectivity index (χ4v) is 3.66. The Morgan fingerprint density at radius 1 is 1.14 bits per heavy atom. The van der Waals surface area contributed by atoms with Crippen molar-refractivity contribution in [1.29, 1.82) is 0 Å². The highest BCUT2D eigenvalue weighted by atomic mass is 16.3. The van der Waals surface area contributed by atoms with Crippen LogP contribution in [0, 0.1) is 6.92 Å². The molecule has 0 atom stereocenters. The standard InChI is InChI=1S/C22H24N4O2/c1-13-9-18-17(12-20(13)27)16-11-15-14(10-19(16)26(18)4)5-6-23-21(15)22(28)24-7-8-25(2)3/h5-6,9-12,27H,7-8H2,1-4H3,(H,24,28). The predicted molar refractivity (Wildman–Crippen MR) is 113 cm³/mol. The van der Waals surface area contributed by atoms with Crippen LogP contribution in [0.4, 0.5) is 0 Å². The van der Waals surface area contributed by atoms with Crippen LogP contribution < -0.4 is 5.32 Å². The zero-order valence-corrected chi connectivity index (χ0v) is 16.6. The second-order valence-corrected chi connectivity index (χ2v) is 7.52. The summed E-state index contributed by atoms with van der Waals surface area (Å²) in [6.45, 7) is 3.22. The minimum Gasteiger partial charge on any atom is -0.508 e. The van der Waals surface area contributed by atoms with Crippen LogP contribution in [0.2, 0.25) is 0 Å². The Hall–Kier alpha value is -3.12. The van der Waals surface area contributed by atoms with E-state index in [0.717, 1.165) is 44.7 Å². The molecule has 0 saturated heterocycles. The molecule has 6 nitrogen and oxygen atoms in total. The summed E-state index contributed by atoms with van der Waals surface area (Å²) in [7, 11) is 5.95. The van der Waals surface area contributed by atoms with Crippen LogP contribution in [0.25, 0.3) is 32.6 Å². The molecule has 0 bridgehead atoms. The largest absolute Gasteiger partial charge is 0.508 e. The van der Waals surface area contributed by atoms with Crippen LogP contribution in [-0.2, 0) is 7.05 Å². The number of carbonyl (C=O) groups excluding carboxylic acids is 1. The first kappa shape index (κ1) is 18.3. The summed E-state index contributed by atoms with van der Waals surface area (Å²) in [6, 6.07) is 9.80. The van der Waals surface area contributed by atoms with Gasteiger partial charge in [0.15, 0.2) is 0 Å².